The van der Waals surface area contributed by atoms with E-state index in [2.05, 4.69) is 31.3 Å². The smallest absolute Gasteiger partial charge is 0.325 e. The first-order valence-electron chi connectivity index (χ1n) is 5.21. The number of amides is 1. The van der Waals surface area contributed by atoms with Gasteiger partial charge in [0.15, 0.2) is 0 Å². The van der Waals surface area contributed by atoms with Gasteiger partial charge in [-0.05, 0) is 22.0 Å². The molecule has 0 aliphatic carbocycles. The Kier molecular flexibility index (Phi) is 3.91. The molecule has 2 rings (SSSR count). The number of carbonyl (C=O) groups is 2. The average molecular weight is 325 g/mol. The molecule has 98 valence electrons. The van der Waals surface area contributed by atoms with Crippen LogP contribution in [0.1, 0.15) is 10.4 Å². The molecule has 1 amide bonds. The number of hydrogen-bond donors (Lipinski definition) is 2. The van der Waals surface area contributed by atoms with Gasteiger partial charge in [0, 0.05) is 23.1 Å². The summed E-state index contributed by atoms with van der Waals surface area (Å²) in [5.41, 5.74) is 0.812. The van der Waals surface area contributed by atoms with E-state index >= 15 is 0 Å². The van der Waals surface area contributed by atoms with E-state index in [0.717, 1.165) is 0 Å². The maximum atomic E-state index is 11.9. The van der Waals surface area contributed by atoms with Crippen molar-refractivity contribution in [2.75, 3.05) is 5.32 Å². The largest absolute Gasteiger partial charge is 0.480 e. The Morgan fingerprint density at radius 3 is 2.84 bits per heavy atom. The molecule has 2 aromatic rings. The Morgan fingerprint density at radius 1 is 1.37 bits per heavy atom. The first-order valence-corrected chi connectivity index (χ1v) is 6.00. The quantitative estimate of drug-likeness (QED) is 0.885. The van der Waals surface area contributed by atoms with Crippen LogP contribution in [0.5, 0.6) is 0 Å². The molecule has 8 heteroatoms. The number of carboxylic acid groups (broad SMARTS) is 1. The van der Waals surface area contributed by atoms with Crippen molar-refractivity contribution in [1.82, 2.24) is 14.8 Å². The Bertz CT molecular complexity index is 626. The van der Waals surface area contributed by atoms with E-state index in [1.165, 1.54) is 23.3 Å². The fourth-order valence-corrected chi connectivity index (χ4v) is 1.76. The van der Waals surface area contributed by atoms with Crippen molar-refractivity contribution in [1.29, 1.82) is 0 Å². The van der Waals surface area contributed by atoms with Crippen LogP contribution in [-0.4, -0.2) is 31.7 Å². The molecule has 0 aliphatic rings. The Balaban J connectivity index is 2.06. The highest BCUT2D eigenvalue weighted by Crippen LogP contribution is 2.12. The van der Waals surface area contributed by atoms with E-state index in [9.17, 15) is 9.59 Å². The molecule has 0 saturated heterocycles. The van der Waals surface area contributed by atoms with E-state index in [4.69, 9.17) is 5.11 Å². The number of nitrogens with zero attached hydrogens (tertiary/aromatic N) is 3. The highest BCUT2D eigenvalue weighted by molar-refractivity contribution is 9.10. The summed E-state index contributed by atoms with van der Waals surface area (Å²) in [4.78, 5) is 26.3. The molecule has 0 radical (unpaired) electrons. The second-order valence-electron chi connectivity index (χ2n) is 3.67. The van der Waals surface area contributed by atoms with Crippen LogP contribution in [0.25, 0.3) is 0 Å². The average Bonchev–Trinajstić information content (AvgIpc) is 2.75. The SMILES string of the molecule is O=C(O)Cn1cc(NC(=O)c2cncc(Br)c2)cn1. The standard InChI is InChI=1S/C11H9BrN4O3/c12-8-1-7(2-13-3-8)11(19)15-9-4-14-16(5-9)6-10(17)18/h1-5H,6H2,(H,15,19)(H,17,18). The number of aromatic nitrogens is 3. The maximum Gasteiger partial charge on any atom is 0.325 e. The van der Waals surface area contributed by atoms with Crippen molar-refractivity contribution in [2.24, 2.45) is 0 Å². The van der Waals surface area contributed by atoms with Crippen LogP contribution >= 0.6 is 15.9 Å². The van der Waals surface area contributed by atoms with Crippen LogP contribution in [0.15, 0.2) is 35.3 Å². The summed E-state index contributed by atoms with van der Waals surface area (Å²) < 4.78 is 1.92. The zero-order valence-electron chi connectivity index (χ0n) is 9.58. The van der Waals surface area contributed by atoms with E-state index in [-0.39, 0.29) is 12.5 Å². The number of nitrogens with one attached hydrogen (secondary N) is 1. The molecule has 0 bridgehead atoms. The third kappa shape index (κ3) is 3.62. The van der Waals surface area contributed by atoms with Gasteiger partial charge in [0.2, 0.25) is 0 Å². The van der Waals surface area contributed by atoms with Gasteiger partial charge in [-0.2, -0.15) is 5.10 Å². The van der Waals surface area contributed by atoms with Gasteiger partial charge in [-0.3, -0.25) is 19.3 Å². The zero-order valence-corrected chi connectivity index (χ0v) is 11.2. The van der Waals surface area contributed by atoms with Crippen molar-refractivity contribution in [2.45, 2.75) is 6.54 Å². The molecular weight excluding hydrogens is 316 g/mol. The fourth-order valence-electron chi connectivity index (χ4n) is 1.39. The van der Waals surface area contributed by atoms with Gasteiger partial charge in [-0.15, -0.1) is 0 Å². The molecule has 2 N–H and O–H groups in total. The monoisotopic (exact) mass is 324 g/mol. The van der Waals surface area contributed by atoms with Crippen molar-refractivity contribution in [3.05, 3.63) is 40.9 Å². The molecule has 0 atom stereocenters. The lowest BCUT2D eigenvalue weighted by molar-refractivity contribution is -0.137. The van der Waals surface area contributed by atoms with E-state index in [1.54, 1.807) is 12.3 Å². The summed E-state index contributed by atoms with van der Waals surface area (Å²) in [6.45, 7) is -0.256. The van der Waals surface area contributed by atoms with E-state index in [1.807, 2.05) is 0 Å². The number of aliphatic carboxylic acids is 1. The van der Waals surface area contributed by atoms with Crippen LogP contribution in [0.2, 0.25) is 0 Å². The van der Waals surface area contributed by atoms with Crippen LogP contribution in [0.4, 0.5) is 5.69 Å². The molecule has 7 nitrogen and oxygen atoms in total. The summed E-state index contributed by atoms with van der Waals surface area (Å²) in [5.74, 6) is -1.35. The van der Waals surface area contributed by atoms with Gasteiger partial charge >= 0.3 is 5.97 Å². The van der Waals surface area contributed by atoms with Crippen molar-refractivity contribution in [3.63, 3.8) is 0 Å². The maximum absolute atomic E-state index is 11.9. The van der Waals surface area contributed by atoms with Crippen molar-refractivity contribution >= 4 is 33.5 Å². The van der Waals surface area contributed by atoms with Crippen molar-refractivity contribution in [3.8, 4) is 0 Å². The van der Waals surface area contributed by atoms with E-state index < -0.39 is 5.97 Å². The van der Waals surface area contributed by atoms with Gasteiger partial charge < -0.3 is 10.4 Å². The number of anilines is 1. The lowest BCUT2D eigenvalue weighted by atomic mass is 10.2. The van der Waals surface area contributed by atoms with E-state index in [0.29, 0.717) is 15.7 Å². The molecule has 2 aromatic heterocycles. The number of carbonyl (C=O) groups excluding carboxylic acids is 1. The van der Waals surface area contributed by atoms with Gasteiger partial charge in [0.1, 0.15) is 6.54 Å². The minimum absolute atomic E-state index is 0.256. The molecule has 2 heterocycles. The minimum Gasteiger partial charge on any atom is -0.480 e. The minimum atomic E-state index is -1.00. The normalized spacial score (nSPS) is 10.2. The third-order valence-corrected chi connectivity index (χ3v) is 2.59. The first-order chi connectivity index (χ1) is 9.04. The summed E-state index contributed by atoms with van der Waals surface area (Å²) in [5, 5.41) is 15.0. The summed E-state index contributed by atoms with van der Waals surface area (Å²) in [6.07, 6.45) is 5.83. The van der Waals surface area contributed by atoms with Crippen LogP contribution in [0.3, 0.4) is 0 Å². The summed E-state index contributed by atoms with van der Waals surface area (Å²) >= 11 is 3.22. The topological polar surface area (TPSA) is 97.1 Å². The highest BCUT2D eigenvalue weighted by Gasteiger charge is 2.09. The lowest BCUT2D eigenvalue weighted by Gasteiger charge is -2.02. The second kappa shape index (κ2) is 5.61. The van der Waals surface area contributed by atoms with Gasteiger partial charge in [-0.25, -0.2) is 0 Å². The van der Waals surface area contributed by atoms with Crippen LogP contribution in [0, 0.1) is 0 Å². The Labute approximate surface area is 116 Å². The Hall–Kier alpha value is -2.22. The molecule has 0 fully saturated rings. The Morgan fingerprint density at radius 2 is 2.16 bits per heavy atom. The molecule has 0 saturated carbocycles. The first kappa shape index (κ1) is 13.2. The molecule has 0 unspecified atom stereocenters. The fraction of sp³-hybridized carbons (Fsp3) is 0.0909. The molecular formula is C11H9BrN4O3. The third-order valence-electron chi connectivity index (χ3n) is 2.16. The van der Waals surface area contributed by atoms with Gasteiger partial charge in [-0.1, -0.05) is 0 Å². The number of carboxylic acids is 1. The molecule has 19 heavy (non-hydrogen) atoms. The number of halogens is 1. The second-order valence-corrected chi connectivity index (χ2v) is 4.58. The predicted molar refractivity (Wildman–Crippen MR) is 69.8 cm³/mol. The van der Waals surface area contributed by atoms with Gasteiger partial charge in [0.25, 0.3) is 5.91 Å². The highest BCUT2D eigenvalue weighted by atomic mass is 79.9. The van der Waals surface area contributed by atoms with Crippen LogP contribution < -0.4 is 5.32 Å². The zero-order chi connectivity index (χ0) is 13.8. The van der Waals surface area contributed by atoms with Crippen LogP contribution in [-0.2, 0) is 11.3 Å². The predicted octanol–water partition coefficient (Wildman–Crippen LogP) is 1.38. The van der Waals surface area contributed by atoms with Crippen molar-refractivity contribution < 1.29 is 14.7 Å². The summed E-state index contributed by atoms with van der Waals surface area (Å²) in [7, 11) is 0. The summed E-state index contributed by atoms with van der Waals surface area (Å²) in [6, 6.07) is 1.63. The number of rotatable bonds is 4. The molecule has 0 aliphatic heterocycles. The molecule has 0 aromatic carbocycles. The van der Waals surface area contributed by atoms with Gasteiger partial charge in [0.05, 0.1) is 17.4 Å². The lowest BCUT2D eigenvalue weighted by Crippen LogP contribution is -2.12. The number of hydrogen-bond acceptors (Lipinski definition) is 4. The molecule has 0 spiro atoms. The number of pyridine rings is 1.